The predicted molar refractivity (Wildman–Crippen MR) is 214 cm³/mol. The lowest BCUT2D eigenvalue weighted by Gasteiger charge is -2.44. The molecule has 0 aliphatic rings. The summed E-state index contributed by atoms with van der Waals surface area (Å²) in [6.07, 6.45) is 6.29. The molecule has 0 amide bonds. The van der Waals surface area contributed by atoms with Crippen molar-refractivity contribution in [2.75, 3.05) is 19.0 Å². The number of carbonyl (C=O) groups excluding carboxylic acids is 1. The number of carbonyl (C=O) groups is 1. The van der Waals surface area contributed by atoms with Gasteiger partial charge in [-0.3, -0.25) is 0 Å². The van der Waals surface area contributed by atoms with Crippen molar-refractivity contribution in [3.63, 3.8) is 0 Å². The number of hydrogen-bond acceptors (Lipinski definition) is 3. The first-order chi connectivity index (χ1) is 25.0. The molecule has 6 aromatic carbocycles. The second-order valence-corrected chi connectivity index (χ2v) is 12.6. The molecule has 0 saturated heterocycles. The van der Waals surface area contributed by atoms with Crippen LogP contribution in [0, 0.1) is 0 Å². The maximum absolute atomic E-state index is 12.0. The lowest BCUT2D eigenvalue weighted by molar-refractivity contribution is -0.868. The third kappa shape index (κ3) is 8.41. The highest BCUT2D eigenvalue weighted by molar-refractivity contribution is 7.19. The van der Waals surface area contributed by atoms with Crippen molar-refractivity contribution in [3.8, 4) is 0 Å². The van der Waals surface area contributed by atoms with E-state index in [0.29, 0.717) is 5.56 Å². The molecule has 0 N–H and O–H groups in total. The van der Waals surface area contributed by atoms with Gasteiger partial charge in [0, 0.05) is 36.6 Å². The Hall–Kier alpha value is -6.46. The number of benzene rings is 6. The number of pyridine rings is 1. The van der Waals surface area contributed by atoms with E-state index < -0.39 is 6.15 Å². The standard InChI is InChI=1S/C24H20B.C22H21N2O2/c1-5-13-21(14-6-1)25(22-15-7-2-8-16-22,23-17-9-3-10-18-23)24-19-11-4-12-20-24;1-23(2)21-12-10-18(11-13-21)8-9-19-14-16-24(17-15-19)26-22(25)20-6-4-3-5-7-20/h1-20H;3-17H,1-2H3/q-1;+1. The van der Waals surface area contributed by atoms with Crippen LogP contribution in [0.25, 0.3) is 12.2 Å². The number of anilines is 1. The van der Waals surface area contributed by atoms with Crippen molar-refractivity contribution >= 4 is 51.8 Å². The molecule has 4 nitrogen and oxygen atoms in total. The van der Waals surface area contributed by atoms with Crippen molar-refractivity contribution in [3.05, 3.63) is 217 Å². The summed E-state index contributed by atoms with van der Waals surface area (Å²) in [7, 11) is 4.04. The Morgan fingerprint density at radius 3 is 1.22 bits per heavy atom. The van der Waals surface area contributed by atoms with Gasteiger partial charge in [-0.1, -0.05) is 164 Å². The van der Waals surface area contributed by atoms with Gasteiger partial charge >= 0.3 is 5.97 Å². The van der Waals surface area contributed by atoms with Gasteiger partial charge in [-0.25, -0.2) is 4.79 Å². The van der Waals surface area contributed by atoms with Crippen molar-refractivity contribution in [2.24, 2.45) is 0 Å². The summed E-state index contributed by atoms with van der Waals surface area (Å²) in [5.41, 5.74) is 9.19. The van der Waals surface area contributed by atoms with Crippen LogP contribution in [0.2, 0.25) is 0 Å². The average Bonchev–Trinajstić information content (AvgIpc) is 3.20. The molecule has 0 saturated carbocycles. The summed E-state index contributed by atoms with van der Waals surface area (Å²) in [4.78, 5) is 19.4. The minimum absolute atomic E-state index is 0.389. The largest absolute Gasteiger partial charge is 0.411 e. The van der Waals surface area contributed by atoms with E-state index >= 15 is 0 Å². The van der Waals surface area contributed by atoms with E-state index in [4.69, 9.17) is 4.84 Å². The van der Waals surface area contributed by atoms with Crippen LogP contribution in [0.4, 0.5) is 5.69 Å². The molecular formula is C46H41BN2O2. The molecule has 1 aromatic heterocycles. The van der Waals surface area contributed by atoms with E-state index in [0.717, 1.165) is 11.1 Å². The zero-order valence-corrected chi connectivity index (χ0v) is 29.0. The monoisotopic (exact) mass is 664 g/mol. The molecule has 0 aliphatic carbocycles. The van der Waals surface area contributed by atoms with Crippen LogP contribution in [0.15, 0.2) is 200 Å². The quantitative estimate of drug-likeness (QED) is 0.130. The molecule has 7 rings (SSSR count). The third-order valence-corrected chi connectivity index (χ3v) is 9.10. The van der Waals surface area contributed by atoms with Gasteiger partial charge in [-0.2, -0.15) is 26.7 Å². The van der Waals surface area contributed by atoms with E-state index in [1.54, 1.807) is 36.7 Å². The van der Waals surface area contributed by atoms with E-state index in [1.165, 1.54) is 32.3 Å². The zero-order chi connectivity index (χ0) is 35.3. The van der Waals surface area contributed by atoms with Gasteiger partial charge in [-0.05, 0) is 35.4 Å². The van der Waals surface area contributed by atoms with Crippen LogP contribution in [-0.2, 0) is 0 Å². The highest BCUT2D eigenvalue weighted by atomic mass is 16.7. The second-order valence-electron chi connectivity index (χ2n) is 12.6. The van der Waals surface area contributed by atoms with Gasteiger partial charge in [0.2, 0.25) is 12.4 Å². The SMILES string of the molecule is CN(C)c1ccc(/C=C/c2cc[n+](OC(=O)c3ccccc3)cc2)cc1.c1ccc([B-](c2ccccc2)(c2ccccc2)c2ccccc2)cc1. The van der Waals surface area contributed by atoms with Crippen molar-refractivity contribution in [1.82, 2.24) is 0 Å². The summed E-state index contributed by atoms with van der Waals surface area (Å²) >= 11 is 0. The van der Waals surface area contributed by atoms with Crippen LogP contribution >= 0.6 is 0 Å². The Labute approximate surface area is 301 Å². The first-order valence-corrected chi connectivity index (χ1v) is 17.2. The Morgan fingerprint density at radius 1 is 0.490 bits per heavy atom. The zero-order valence-electron chi connectivity index (χ0n) is 29.0. The first kappa shape index (κ1) is 34.4. The molecule has 5 heteroatoms. The van der Waals surface area contributed by atoms with Gasteiger partial charge in [-0.15, -0.1) is 0 Å². The van der Waals surface area contributed by atoms with Crippen LogP contribution < -0.4 is 36.3 Å². The summed E-state index contributed by atoms with van der Waals surface area (Å²) in [6, 6.07) is 64.6. The van der Waals surface area contributed by atoms with Crippen LogP contribution in [-0.4, -0.2) is 26.2 Å². The summed E-state index contributed by atoms with van der Waals surface area (Å²) < 4.78 is 1.40. The Balaban J connectivity index is 0.000000176. The molecule has 1 heterocycles. The molecular weight excluding hydrogens is 623 g/mol. The number of aromatic nitrogens is 1. The number of nitrogens with zero attached hydrogens (tertiary/aromatic N) is 2. The van der Waals surface area contributed by atoms with Gasteiger partial charge < -0.3 is 4.90 Å². The maximum atomic E-state index is 12.0. The molecule has 51 heavy (non-hydrogen) atoms. The van der Waals surface area contributed by atoms with Crippen molar-refractivity contribution in [1.29, 1.82) is 0 Å². The lowest BCUT2D eigenvalue weighted by Crippen LogP contribution is -2.74. The maximum Gasteiger partial charge on any atom is 0.411 e. The Bertz CT molecular complexity index is 1960. The van der Waals surface area contributed by atoms with Crippen LogP contribution in [0.5, 0.6) is 0 Å². The predicted octanol–water partition coefficient (Wildman–Crippen LogP) is 6.54. The minimum Gasteiger partial charge on any atom is -0.378 e. The second kappa shape index (κ2) is 16.8. The number of hydrogen-bond donors (Lipinski definition) is 0. The molecule has 0 atom stereocenters. The van der Waals surface area contributed by atoms with Crippen LogP contribution in [0.1, 0.15) is 21.5 Å². The van der Waals surface area contributed by atoms with Gasteiger partial charge in [0.25, 0.3) is 0 Å². The fourth-order valence-corrected chi connectivity index (χ4v) is 6.52. The topological polar surface area (TPSA) is 33.4 Å². The molecule has 0 spiro atoms. The van der Waals surface area contributed by atoms with Crippen molar-refractivity contribution in [2.45, 2.75) is 0 Å². The Morgan fingerprint density at radius 2 is 0.843 bits per heavy atom. The molecule has 0 bridgehead atoms. The van der Waals surface area contributed by atoms with Gasteiger partial charge in [0.05, 0.1) is 5.56 Å². The highest BCUT2D eigenvalue weighted by Crippen LogP contribution is 2.14. The fraction of sp³-hybridized carbons (Fsp3) is 0.0435. The number of rotatable bonds is 9. The molecule has 250 valence electrons. The van der Waals surface area contributed by atoms with Crippen molar-refractivity contribution < 1.29 is 14.4 Å². The van der Waals surface area contributed by atoms with E-state index in [9.17, 15) is 4.79 Å². The third-order valence-electron chi connectivity index (χ3n) is 9.10. The minimum atomic E-state index is -1.22. The smallest absolute Gasteiger partial charge is 0.378 e. The molecule has 0 radical (unpaired) electrons. The van der Waals surface area contributed by atoms with Crippen LogP contribution in [0.3, 0.4) is 0 Å². The first-order valence-electron chi connectivity index (χ1n) is 17.2. The molecule has 0 aliphatic heterocycles. The van der Waals surface area contributed by atoms with Gasteiger partial charge in [0.15, 0.2) is 0 Å². The molecule has 0 unspecified atom stereocenters. The average molecular weight is 665 g/mol. The van der Waals surface area contributed by atoms with E-state index in [1.807, 2.05) is 38.4 Å². The van der Waals surface area contributed by atoms with Gasteiger partial charge in [0.1, 0.15) is 6.15 Å². The normalized spacial score (nSPS) is 10.9. The highest BCUT2D eigenvalue weighted by Gasteiger charge is 2.31. The molecule has 7 aromatic rings. The summed E-state index contributed by atoms with van der Waals surface area (Å²) in [6.45, 7) is 0. The Kier molecular flexibility index (Phi) is 11.3. The summed E-state index contributed by atoms with van der Waals surface area (Å²) in [5, 5.41) is 0. The van der Waals surface area contributed by atoms with E-state index in [-0.39, 0.29) is 5.97 Å². The lowest BCUT2D eigenvalue weighted by atomic mass is 9.13. The molecule has 0 fully saturated rings. The summed E-state index contributed by atoms with van der Waals surface area (Å²) in [5.74, 6) is -0.389. The van der Waals surface area contributed by atoms with E-state index in [2.05, 4.69) is 157 Å². The fourth-order valence-electron chi connectivity index (χ4n) is 6.52.